The third-order valence-corrected chi connectivity index (χ3v) is 2.92. The normalized spacial score (nSPS) is 16.1. The van der Waals surface area contributed by atoms with E-state index in [1.165, 1.54) is 11.1 Å². The van der Waals surface area contributed by atoms with Gasteiger partial charge in [0.15, 0.2) is 0 Å². The first-order chi connectivity index (χ1) is 7.25. The van der Waals surface area contributed by atoms with Gasteiger partial charge in [-0.05, 0) is 25.3 Å². The summed E-state index contributed by atoms with van der Waals surface area (Å²) >= 11 is 0. The first-order valence-electron chi connectivity index (χ1n) is 5.59. The fourth-order valence-electron chi connectivity index (χ4n) is 2.07. The molecule has 1 aliphatic heterocycles. The summed E-state index contributed by atoms with van der Waals surface area (Å²) in [5.41, 5.74) is 2.62. The second-order valence-electron chi connectivity index (χ2n) is 4.22. The molecule has 1 amide bonds. The van der Waals surface area contributed by atoms with Crippen molar-refractivity contribution in [3.63, 3.8) is 0 Å². The molecular weight excluding hydrogens is 186 g/mol. The van der Waals surface area contributed by atoms with Gasteiger partial charge in [0.1, 0.15) is 0 Å². The molecule has 0 atom stereocenters. The van der Waals surface area contributed by atoms with Crippen molar-refractivity contribution < 1.29 is 4.79 Å². The molecule has 1 saturated heterocycles. The number of aryl methyl sites for hydroxylation is 1. The molecule has 0 aliphatic carbocycles. The topological polar surface area (TPSA) is 20.3 Å². The summed E-state index contributed by atoms with van der Waals surface area (Å²) in [4.78, 5) is 13.4. The Labute approximate surface area is 90.9 Å². The maximum Gasteiger partial charge on any atom is 0.222 e. The molecule has 1 aromatic carbocycles. The number of hydrogen-bond donors (Lipinski definition) is 0. The molecule has 1 fully saturated rings. The zero-order chi connectivity index (χ0) is 10.7. The lowest BCUT2D eigenvalue weighted by atomic mass is 10.1. The molecule has 2 rings (SSSR count). The molecule has 0 unspecified atom stereocenters. The second-order valence-corrected chi connectivity index (χ2v) is 4.22. The van der Waals surface area contributed by atoms with Crippen LogP contribution in [0.3, 0.4) is 0 Å². The Morgan fingerprint density at radius 3 is 2.93 bits per heavy atom. The van der Waals surface area contributed by atoms with Crippen LogP contribution in [0.25, 0.3) is 0 Å². The SMILES string of the molecule is Cc1cccc(CCN2CCCC2=O)c1. The van der Waals surface area contributed by atoms with Gasteiger partial charge in [-0.15, -0.1) is 0 Å². The van der Waals surface area contributed by atoms with Gasteiger partial charge in [0.25, 0.3) is 0 Å². The maximum absolute atomic E-state index is 11.4. The van der Waals surface area contributed by atoms with E-state index in [-0.39, 0.29) is 0 Å². The highest BCUT2D eigenvalue weighted by Gasteiger charge is 2.19. The monoisotopic (exact) mass is 203 g/mol. The number of hydrogen-bond acceptors (Lipinski definition) is 1. The number of nitrogens with zero attached hydrogens (tertiary/aromatic N) is 1. The molecular formula is C13H17NO. The first-order valence-corrected chi connectivity index (χ1v) is 5.59. The largest absolute Gasteiger partial charge is 0.342 e. The quantitative estimate of drug-likeness (QED) is 0.737. The molecule has 2 heteroatoms. The van der Waals surface area contributed by atoms with Crippen LogP contribution in [0, 0.1) is 6.92 Å². The van der Waals surface area contributed by atoms with Crippen molar-refractivity contribution in [1.82, 2.24) is 4.90 Å². The number of carbonyl (C=O) groups is 1. The van der Waals surface area contributed by atoms with Gasteiger partial charge in [0.2, 0.25) is 5.91 Å². The molecule has 2 nitrogen and oxygen atoms in total. The number of likely N-dealkylation sites (tertiary alicyclic amines) is 1. The van der Waals surface area contributed by atoms with Crippen molar-refractivity contribution in [2.24, 2.45) is 0 Å². The van der Waals surface area contributed by atoms with Crippen LogP contribution in [0.4, 0.5) is 0 Å². The summed E-state index contributed by atoms with van der Waals surface area (Å²) in [5, 5.41) is 0. The molecule has 80 valence electrons. The van der Waals surface area contributed by atoms with E-state index in [4.69, 9.17) is 0 Å². The van der Waals surface area contributed by atoms with Crippen LogP contribution in [-0.4, -0.2) is 23.9 Å². The molecule has 0 spiro atoms. The molecule has 15 heavy (non-hydrogen) atoms. The van der Waals surface area contributed by atoms with Gasteiger partial charge < -0.3 is 4.90 Å². The molecule has 1 aliphatic rings. The molecule has 0 radical (unpaired) electrons. The predicted octanol–water partition coefficient (Wildman–Crippen LogP) is 2.16. The third-order valence-electron chi connectivity index (χ3n) is 2.92. The minimum absolute atomic E-state index is 0.322. The average molecular weight is 203 g/mol. The smallest absolute Gasteiger partial charge is 0.222 e. The van der Waals surface area contributed by atoms with E-state index in [1.807, 2.05) is 4.90 Å². The minimum Gasteiger partial charge on any atom is -0.342 e. The first kappa shape index (κ1) is 10.2. The van der Waals surface area contributed by atoms with E-state index in [2.05, 4.69) is 31.2 Å². The average Bonchev–Trinajstić information content (AvgIpc) is 2.61. The van der Waals surface area contributed by atoms with Crippen LogP contribution in [0.15, 0.2) is 24.3 Å². The lowest BCUT2D eigenvalue weighted by Gasteiger charge is -2.15. The Kier molecular flexibility index (Phi) is 3.05. The summed E-state index contributed by atoms with van der Waals surface area (Å²) in [5.74, 6) is 0.322. The van der Waals surface area contributed by atoms with Crippen molar-refractivity contribution in [3.8, 4) is 0 Å². The summed E-state index contributed by atoms with van der Waals surface area (Å²) in [6.45, 7) is 3.93. The van der Waals surface area contributed by atoms with Gasteiger partial charge >= 0.3 is 0 Å². The highest BCUT2D eigenvalue weighted by molar-refractivity contribution is 5.78. The summed E-state index contributed by atoms with van der Waals surface area (Å²) in [6, 6.07) is 8.51. The highest BCUT2D eigenvalue weighted by Crippen LogP contribution is 2.11. The van der Waals surface area contributed by atoms with Gasteiger partial charge in [-0.3, -0.25) is 4.79 Å². The van der Waals surface area contributed by atoms with Gasteiger partial charge in [-0.1, -0.05) is 29.8 Å². The fraction of sp³-hybridized carbons (Fsp3) is 0.462. The van der Waals surface area contributed by atoms with Gasteiger partial charge in [0, 0.05) is 19.5 Å². The van der Waals surface area contributed by atoms with Gasteiger partial charge in [-0.25, -0.2) is 0 Å². The molecule has 0 aromatic heterocycles. The van der Waals surface area contributed by atoms with Crippen LogP contribution >= 0.6 is 0 Å². The van der Waals surface area contributed by atoms with E-state index in [1.54, 1.807) is 0 Å². The number of amides is 1. The number of carbonyl (C=O) groups excluding carboxylic acids is 1. The zero-order valence-corrected chi connectivity index (χ0v) is 9.20. The van der Waals surface area contributed by atoms with Gasteiger partial charge in [-0.2, -0.15) is 0 Å². The lowest BCUT2D eigenvalue weighted by molar-refractivity contribution is -0.127. The fourth-order valence-corrected chi connectivity index (χ4v) is 2.07. The Bertz CT molecular complexity index is 359. The number of benzene rings is 1. The van der Waals surface area contributed by atoms with Crippen molar-refractivity contribution in [2.45, 2.75) is 26.2 Å². The lowest BCUT2D eigenvalue weighted by Crippen LogP contribution is -2.26. The molecule has 1 heterocycles. The van der Waals surface area contributed by atoms with Crippen molar-refractivity contribution in [3.05, 3.63) is 35.4 Å². The van der Waals surface area contributed by atoms with Gasteiger partial charge in [0.05, 0.1) is 0 Å². The van der Waals surface area contributed by atoms with Crippen LogP contribution < -0.4 is 0 Å². The number of rotatable bonds is 3. The van der Waals surface area contributed by atoms with Crippen LogP contribution in [0.5, 0.6) is 0 Å². The van der Waals surface area contributed by atoms with Crippen LogP contribution in [0.2, 0.25) is 0 Å². The summed E-state index contributed by atoms with van der Waals surface area (Å²) in [7, 11) is 0. The Hall–Kier alpha value is -1.31. The van der Waals surface area contributed by atoms with E-state index in [9.17, 15) is 4.79 Å². The van der Waals surface area contributed by atoms with Crippen LogP contribution in [0.1, 0.15) is 24.0 Å². The Balaban J connectivity index is 1.90. The highest BCUT2D eigenvalue weighted by atomic mass is 16.2. The van der Waals surface area contributed by atoms with E-state index >= 15 is 0 Å². The second kappa shape index (κ2) is 4.47. The molecule has 0 N–H and O–H groups in total. The predicted molar refractivity (Wildman–Crippen MR) is 60.7 cm³/mol. The van der Waals surface area contributed by atoms with E-state index < -0.39 is 0 Å². The van der Waals surface area contributed by atoms with Crippen molar-refractivity contribution in [1.29, 1.82) is 0 Å². The molecule has 1 aromatic rings. The van der Waals surface area contributed by atoms with E-state index in [0.29, 0.717) is 5.91 Å². The van der Waals surface area contributed by atoms with E-state index in [0.717, 1.165) is 32.4 Å². The minimum atomic E-state index is 0.322. The molecule has 0 saturated carbocycles. The zero-order valence-electron chi connectivity index (χ0n) is 9.20. The summed E-state index contributed by atoms with van der Waals surface area (Å²) in [6.07, 6.45) is 2.76. The van der Waals surface area contributed by atoms with Crippen molar-refractivity contribution >= 4 is 5.91 Å². The Morgan fingerprint density at radius 2 is 2.27 bits per heavy atom. The molecule has 0 bridgehead atoms. The summed E-state index contributed by atoms with van der Waals surface area (Å²) < 4.78 is 0. The standard InChI is InChI=1S/C13H17NO/c1-11-4-2-5-12(10-11)7-9-14-8-3-6-13(14)15/h2,4-5,10H,3,6-9H2,1H3. The maximum atomic E-state index is 11.4. The van der Waals surface area contributed by atoms with Crippen LogP contribution in [-0.2, 0) is 11.2 Å². The van der Waals surface area contributed by atoms with Crippen molar-refractivity contribution in [2.75, 3.05) is 13.1 Å². The third kappa shape index (κ3) is 2.58. The Morgan fingerprint density at radius 1 is 1.40 bits per heavy atom.